The van der Waals surface area contributed by atoms with Crippen LogP contribution in [-0.4, -0.2) is 10.2 Å². The Morgan fingerprint density at radius 2 is 2.10 bits per heavy atom. The van der Waals surface area contributed by atoms with E-state index in [9.17, 15) is 0 Å². The molecule has 0 aliphatic heterocycles. The predicted molar refractivity (Wildman–Crippen MR) is 48.5 cm³/mol. The van der Waals surface area contributed by atoms with Crippen molar-refractivity contribution in [3.63, 3.8) is 0 Å². The Morgan fingerprint density at radius 1 is 1.50 bits per heavy atom. The van der Waals surface area contributed by atoms with E-state index in [1.54, 1.807) is 0 Å². The Hall–Kier alpha value is -0.110. The standard InChI is InChI=1S/C8H16OS/c1-3-4-7(2)5-6-8(9)10/h7H,3-6H2,1-2H3,(H,9,10). The van der Waals surface area contributed by atoms with Crippen LogP contribution in [0.15, 0.2) is 0 Å². The number of aliphatic hydroxyl groups excluding tert-OH is 1. The van der Waals surface area contributed by atoms with Gasteiger partial charge in [-0.15, -0.1) is 0 Å². The molecule has 0 spiro atoms. The fourth-order valence-corrected chi connectivity index (χ4v) is 1.12. The van der Waals surface area contributed by atoms with E-state index in [0.29, 0.717) is 12.3 Å². The smallest absolute Gasteiger partial charge is 0.156 e. The second kappa shape index (κ2) is 5.66. The molecular weight excluding hydrogens is 144 g/mol. The van der Waals surface area contributed by atoms with Crippen molar-refractivity contribution >= 4 is 17.3 Å². The SMILES string of the molecule is CCCC(C)CCC(O)=S. The van der Waals surface area contributed by atoms with Gasteiger partial charge in [-0.3, -0.25) is 0 Å². The zero-order valence-corrected chi connectivity index (χ0v) is 7.58. The summed E-state index contributed by atoms with van der Waals surface area (Å²) in [4.78, 5) is 0. The van der Waals surface area contributed by atoms with Crippen molar-refractivity contribution < 1.29 is 5.11 Å². The lowest BCUT2D eigenvalue weighted by Gasteiger charge is -2.07. The lowest BCUT2D eigenvalue weighted by atomic mass is 10.0. The quantitative estimate of drug-likeness (QED) is 0.624. The first kappa shape index (κ1) is 9.89. The minimum atomic E-state index is 0.156. The first-order valence-corrected chi connectivity index (χ1v) is 4.29. The van der Waals surface area contributed by atoms with E-state index in [-0.39, 0.29) is 5.05 Å². The Morgan fingerprint density at radius 3 is 2.50 bits per heavy atom. The molecule has 0 heterocycles. The van der Waals surface area contributed by atoms with Crippen LogP contribution in [0.2, 0.25) is 0 Å². The van der Waals surface area contributed by atoms with Crippen LogP contribution >= 0.6 is 12.2 Å². The highest BCUT2D eigenvalue weighted by Crippen LogP contribution is 2.11. The maximum Gasteiger partial charge on any atom is 0.156 e. The zero-order valence-electron chi connectivity index (χ0n) is 6.76. The summed E-state index contributed by atoms with van der Waals surface area (Å²) in [6, 6.07) is 0. The van der Waals surface area contributed by atoms with Crippen molar-refractivity contribution in [2.75, 3.05) is 0 Å². The normalized spacial score (nSPS) is 13.0. The van der Waals surface area contributed by atoms with Gasteiger partial charge in [-0.05, 0) is 24.6 Å². The molecule has 0 fully saturated rings. The Bertz CT molecular complexity index is 101. The van der Waals surface area contributed by atoms with Gasteiger partial charge in [-0.1, -0.05) is 26.7 Å². The highest BCUT2D eigenvalue weighted by molar-refractivity contribution is 7.80. The molecule has 1 nitrogen and oxygen atoms in total. The number of aliphatic hydroxyl groups is 1. The van der Waals surface area contributed by atoms with Crippen molar-refractivity contribution in [2.45, 2.75) is 39.5 Å². The van der Waals surface area contributed by atoms with Crippen LogP contribution in [0.3, 0.4) is 0 Å². The highest BCUT2D eigenvalue weighted by atomic mass is 32.1. The van der Waals surface area contributed by atoms with E-state index in [1.165, 1.54) is 12.8 Å². The first-order valence-electron chi connectivity index (χ1n) is 3.88. The molecule has 1 atom stereocenters. The van der Waals surface area contributed by atoms with Gasteiger partial charge in [0.2, 0.25) is 0 Å². The summed E-state index contributed by atoms with van der Waals surface area (Å²) in [6.45, 7) is 4.37. The van der Waals surface area contributed by atoms with Gasteiger partial charge in [0.1, 0.15) is 0 Å². The van der Waals surface area contributed by atoms with Gasteiger partial charge in [0.15, 0.2) is 5.05 Å². The summed E-state index contributed by atoms with van der Waals surface area (Å²) < 4.78 is 0. The third-order valence-corrected chi connectivity index (χ3v) is 1.84. The molecule has 60 valence electrons. The van der Waals surface area contributed by atoms with Gasteiger partial charge in [0.25, 0.3) is 0 Å². The van der Waals surface area contributed by atoms with Gasteiger partial charge < -0.3 is 5.11 Å². The molecule has 0 amide bonds. The molecule has 0 radical (unpaired) electrons. The van der Waals surface area contributed by atoms with Crippen molar-refractivity contribution in [1.29, 1.82) is 0 Å². The molecule has 0 saturated carbocycles. The summed E-state index contributed by atoms with van der Waals surface area (Å²) in [5, 5.41) is 8.86. The number of thiocarbonyl (C=S) groups is 1. The van der Waals surface area contributed by atoms with Crippen molar-refractivity contribution in [3.8, 4) is 0 Å². The van der Waals surface area contributed by atoms with E-state index >= 15 is 0 Å². The third-order valence-electron chi connectivity index (χ3n) is 1.63. The Balaban J connectivity index is 3.21. The molecule has 0 aliphatic carbocycles. The summed E-state index contributed by atoms with van der Waals surface area (Å²) in [5.74, 6) is 0.704. The van der Waals surface area contributed by atoms with Crippen LogP contribution in [-0.2, 0) is 0 Å². The molecule has 2 heteroatoms. The van der Waals surface area contributed by atoms with Crippen LogP contribution in [0.1, 0.15) is 39.5 Å². The van der Waals surface area contributed by atoms with E-state index in [4.69, 9.17) is 5.11 Å². The average Bonchev–Trinajstić information content (AvgIpc) is 1.85. The minimum absolute atomic E-state index is 0.156. The number of hydrogen-bond acceptors (Lipinski definition) is 1. The maximum absolute atomic E-state index is 8.70. The topological polar surface area (TPSA) is 20.2 Å². The highest BCUT2D eigenvalue weighted by Gasteiger charge is 2.01. The van der Waals surface area contributed by atoms with Crippen molar-refractivity contribution in [3.05, 3.63) is 0 Å². The second-order valence-corrected chi connectivity index (χ2v) is 3.30. The fourth-order valence-electron chi connectivity index (χ4n) is 1.01. The maximum atomic E-state index is 8.70. The van der Waals surface area contributed by atoms with Crippen LogP contribution in [0.4, 0.5) is 0 Å². The molecule has 0 bridgehead atoms. The largest absolute Gasteiger partial charge is 0.502 e. The molecule has 0 aromatic carbocycles. The molecule has 10 heavy (non-hydrogen) atoms. The summed E-state index contributed by atoms with van der Waals surface area (Å²) in [6.07, 6.45) is 4.18. The monoisotopic (exact) mass is 160 g/mol. The van der Waals surface area contributed by atoms with Crippen molar-refractivity contribution in [2.24, 2.45) is 5.92 Å². The molecule has 1 N–H and O–H groups in total. The predicted octanol–water partition coefficient (Wildman–Crippen LogP) is 3.09. The third kappa shape index (κ3) is 6.02. The van der Waals surface area contributed by atoms with Crippen LogP contribution in [0.25, 0.3) is 0 Å². The molecule has 1 unspecified atom stereocenters. The van der Waals surface area contributed by atoms with Gasteiger partial charge in [-0.2, -0.15) is 0 Å². The molecule has 0 aromatic rings. The Labute approximate surface area is 68.4 Å². The summed E-state index contributed by atoms with van der Waals surface area (Å²) >= 11 is 4.55. The number of hydrogen-bond donors (Lipinski definition) is 1. The van der Waals surface area contributed by atoms with Gasteiger partial charge in [-0.25, -0.2) is 0 Å². The van der Waals surface area contributed by atoms with Gasteiger partial charge >= 0.3 is 0 Å². The minimum Gasteiger partial charge on any atom is -0.502 e. The van der Waals surface area contributed by atoms with Gasteiger partial charge in [0.05, 0.1) is 0 Å². The summed E-state index contributed by atoms with van der Waals surface area (Å²) in [7, 11) is 0. The van der Waals surface area contributed by atoms with Crippen LogP contribution in [0.5, 0.6) is 0 Å². The van der Waals surface area contributed by atoms with Crippen LogP contribution < -0.4 is 0 Å². The van der Waals surface area contributed by atoms with Crippen LogP contribution in [0, 0.1) is 5.92 Å². The van der Waals surface area contributed by atoms with E-state index in [0.717, 1.165) is 6.42 Å². The summed E-state index contributed by atoms with van der Waals surface area (Å²) in [5.41, 5.74) is 0. The van der Waals surface area contributed by atoms with E-state index in [1.807, 2.05) is 0 Å². The molecule has 0 aliphatic rings. The Kier molecular flexibility index (Phi) is 5.60. The zero-order chi connectivity index (χ0) is 7.98. The van der Waals surface area contributed by atoms with E-state index < -0.39 is 0 Å². The first-order chi connectivity index (χ1) is 4.66. The lowest BCUT2D eigenvalue weighted by Crippen LogP contribution is -1.98. The fraction of sp³-hybridized carbons (Fsp3) is 0.875. The lowest BCUT2D eigenvalue weighted by molar-refractivity contribution is 0.470. The average molecular weight is 160 g/mol. The molecular formula is C8H16OS. The number of rotatable bonds is 5. The molecule has 0 aromatic heterocycles. The molecule has 0 saturated heterocycles. The van der Waals surface area contributed by atoms with Gasteiger partial charge in [0, 0.05) is 6.42 Å². The van der Waals surface area contributed by atoms with Crippen molar-refractivity contribution in [1.82, 2.24) is 0 Å². The second-order valence-electron chi connectivity index (χ2n) is 2.83. The molecule has 0 rings (SSSR count). The van der Waals surface area contributed by atoms with E-state index in [2.05, 4.69) is 26.1 Å².